The number of aromatic nitrogens is 3. The predicted molar refractivity (Wildman–Crippen MR) is 98.7 cm³/mol. The molecule has 2 aromatic heterocycles. The van der Waals surface area contributed by atoms with Gasteiger partial charge in [0.1, 0.15) is 5.82 Å². The average molecular weight is 337 g/mol. The van der Waals surface area contributed by atoms with E-state index in [0.717, 1.165) is 61.3 Å². The van der Waals surface area contributed by atoms with Crippen molar-refractivity contribution >= 4 is 16.7 Å². The number of pyridine rings is 1. The van der Waals surface area contributed by atoms with Crippen LogP contribution in [0.3, 0.4) is 0 Å². The highest BCUT2D eigenvalue weighted by Gasteiger charge is 2.22. The van der Waals surface area contributed by atoms with Crippen molar-refractivity contribution in [3.8, 4) is 11.4 Å². The van der Waals surface area contributed by atoms with Gasteiger partial charge in [0.15, 0.2) is 0 Å². The molecule has 4 rings (SSSR count). The minimum absolute atomic E-state index is 0.635. The third-order valence-corrected chi connectivity index (χ3v) is 4.68. The number of fused-ring (bicyclic) bond motifs is 1. The van der Waals surface area contributed by atoms with Crippen LogP contribution in [-0.4, -0.2) is 53.3 Å². The van der Waals surface area contributed by atoms with Gasteiger partial charge in [-0.1, -0.05) is 30.3 Å². The summed E-state index contributed by atoms with van der Waals surface area (Å²) in [7, 11) is 2.16. The summed E-state index contributed by atoms with van der Waals surface area (Å²) in [5, 5.41) is 5.31. The molecular weight excluding hydrogens is 314 g/mol. The summed E-state index contributed by atoms with van der Waals surface area (Å²) in [6, 6.07) is 10.3. The van der Waals surface area contributed by atoms with Gasteiger partial charge in [0.25, 0.3) is 0 Å². The van der Waals surface area contributed by atoms with E-state index in [4.69, 9.17) is 9.51 Å². The number of piperazine rings is 1. The van der Waals surface area contributed by atoms with Crippen molar-refractivity contribution in [2.45, 2.75) is 19.8 Å². The second-order valence-electron chi connectivity index (χ2n) is 6.60. The van der Waals surface area contributed by atoms with Gasteiger partial charge in [0.2, 0.25) is 11.7 Å². The highest BCUT2D eigenvalue weighted by atomic mass is 16.5. The largest absolute Gasteiger partial charge is 0.353 e. The Morgan fingerprint density at radius 1 is 1.08 bits per heavy atom. The van der Waals surface area contributed by atoms with Gasteiger partial charge in [-0.05, 0) is 25.6 Å². The van der Waals surface area contributed by atoms with Gasteiger partial charge in [-0.25, -0.2) is 4.98 Å². The van der Waals surface area contributed by atoms with Gasteiger partial charge >= 0.3 is 0 Å². The molecule has 0 atom stereocenters. The monoisotopic (exact) mass is 337 g/mol. The Morgan fingerprint density at radius 3 is 2.68 bits per heavy atom. The third-order valence-electron chi connectivity index (χ3n) is 4.68. The minimum atomic E-state index is 0.635. The molecular formula is C19H23N5O. The Balaban J connectivity index is 1.80. The summed E-state index contributed by atoms with van der Waals surface area (Å²) in [6.45, 7) is 6.07. The van der Waals surface area contributed by atoms with E-state index in [9.17, 15) is 0 Å². The lowest BCUT2D eigenvalue weighted by atomic mass is 10.1. The van der Waals surface area contributed by atoms with E-state index in [2.05, 4.69) is 52.1 Å². The topological polar surface area (TPSA) is 58.3 Å². The fraction of sp³-hybridized carbons (Fsp3) is 0.421. The molecule has 1 aliphatic heterocycles. The van der Waals surface area contributed by atoms with Crippen molar-refractivity contribution < 1.29 is 4.52 Å². The van der Waals surface area contributed by atoms with E-state index in [-0.39, 0.29) is 0 Å². The van der Waals surface area contributed by atoms with Crippen molar-refractivity contribution in [3.63, 3.8) is 0 Å². The quantitative estimate of drug-likeness (QED) is 0.729. The Labute approximate surface area is 147 Å². The fourth-order valence-electron chi connectivity index (χ4n) is 3.21. The molecule has 6 heteroatoms. The van der Waals surface area contributed by atoms with Crippen molar-refractivity contribution in [3.05, 3.63) is 36.2 Å². The molecule has 1 saturated heterocycles. The summed E-state index contributed by atoms with van der Waals surface area (Å²) >= 11 is 0. The second kappa shape index (κ2) is 6.80. The first-order valence-corrected chi connectivity index (χ1v) is 8.91. The molecule has 1 aliphatic rings. The van der Waals surface area contributed by atoms with Gasteiger partial charge in [0, 0.05) is 38.0 Å². The van der Waals surface area contributed by atoms with Gasteiger partial charge in [0.05, 0.1) is 11.1 Å². The highest BCUT2D eigenvalue weighted by Crippen LogP contribution is 2.31. The number of para-hydroxylation sites is 1. The summed E-state index contributed by atoms with van der Waals surface area (Å²) in [5.41, 5.74) is 1.95. The van der Waals surface area contributed by atoms with Crippen LogP contribution >= 0.6 is 0 Å². The first kappa shape index (κ1) is 16.0. The zero-order valence-corrected chi connectivity index (χ0v) is 14.8. The maximum Gasteiger partial charge on any atom is 0.226 e. The number of rotatable bonds is 4. The molecule has 25 heavy (non-hydrogen) atoms. The average Bonchev–Trinajstić information content (AvgIpc) is 3.10. The molecule has 0 radical (unpaired) electrons. The summed E-state index contributed by atoms with van der Waals surface area (Å²) in [4.78, 5) is 14.2. The second-order valence-corrected chi connectivity index (χ2v) is 6.60. The molecule has 0 bridgehead atoms. The molecule has 1 fully saturated rings. The Bertz CT molecular complexity index is 867. The van der Waals surface area contributed by atoms with Crippen LogP contribution in [0, 0.1) is 0 Å². The SMILES string of the molecule is CCCc1nc(-c2cc3ccccc3nc2N2CCN(C)CC2)no1. The third kappa shape index (κ3) is 3.22. The van der Waals surface area contributed by atoms with Crippen LogP contribution in [0.1, 0.15) is 19.2 Å². The molecule has 0 amide bonds. The number of hydrogen-bond acceptors (Lipinski definition) is 6. The van der Waals surface area contributed by atoms with Crippen molar-refractivity contribution in [2.24, 2.45) is 0 Å². The van der Waals surface area contributed by atoms with Gasteiger partial charge in [-0.3, -0.25) is 0 Å². The van der Waals surface area contributed by atoms with E-state index >= 15 is 0 Å². The lowest BCUT2D eigenvalue weighted by Gasteiger charge is -2.34. The van der Waals surface area contributed by atoms with E-state index in [0.29, 0.717) is 11.7 Å². The number of anilines is 1. The highest BCUT2D eigenvalue weighted by molar-refractivity contribution is 5.88. The van der Waals surface area contributed by atoms with Crippen LogP contribution in [0.25, 0.3) is 22.3 Å². The van der Waals surface area contributed by atoms with Crippen molar-refractivity contribution in [1.82, 2.24) is 20.0 Å². The number of nitrogens with zero attached hydrogens (tertiary/aromatic N) is 5. The first-order chi connectivity index (χ1) is 12.2. The molecule has 0 aliphatic carbocycles. The minimum Gasteiger partial charge on any atom is -0.353 e. The van der Waals surface area contributed by atoms with Gasteiger partial charge in [-0.2, -0.15) is 4.98 Å². The molecule has 0 N–H and O–H groups in total. The maximum absolute atomic E-state index is 5.42. The number of hydrogen-bond donors (Lipinski definition) is 0. The standard InChI is InChI=1S/C19H23N5O/c1-3-6-17-21-18(22-25-17)15-13-14-7-4-5-8-16(14)20-19(15)24-11-9-23(2)10-12-24/h4-5,7-8,13H,3,6,9-12H2,1-2H3. The van der Waals surface area contributed by atoms with Crippen LogP contribution in [0.2, 0.25) is 0 Å². The van der Waals surface area contributed by atoms with E-state index in [1.165, 1.54) is 0 Å². The molecule has 6 nitrogen and oxygen atoms in total. The van der Waals surface area contributed by atoms with Crippen LogP contribution in [0.15, 0.2) is 34.9 Å². The Hall–Kier alpha value is -2.47. The fourth-order valence-corrected chi connectivity index (χ4v) is 3.21. The predicted octanol–water partition coefficient (Wildman–Crippen LogP) is 2.99. The molecule has 3 aromatic rings. The molecule has 3 heterocycles. The molecule has 0 saturated carbocycles. The van der Waals surface area contributed by atoms with Crippen LogP contribution in [-0.2, 0) is 6.42 Å². The zero-order chi connectivity index (χ0) is 17.2. The normalized spacial score (nSPS) is 15.8. The van der Waals surface area contributed by atoms with E-state index in [1.807, 2.05) is 12.1 Å². The lowest BCUT2D eigenvalue weighted by molar-refractivity contribution is 0.312. The molecule has 1 aromatic carbocycles. The van der Waals surface area contributed by atoms with E-state index in [1.54, 1.807) is 0 Å². The van der Waals surface area contributed by atoms with Crippen molar-refractivity contribution in [2.75, 3.05) is 38.1 Å². The number of likely N-dealkylation sites (N-methyl/N-ethyl adjacent to an activating group) is 1. The summed E-state index contributed by atoms with van der Waals surface area (Å²) in [6.07, 6.45) is 1.79. The molecule has 130 valence electrons. The number of benzene rings is 1. The lowest BCUT2D eigenvalue weighted by Crippen LogP contribution is -2.45. The summed E-state index contributed by atoms with van der Waals surface area (Å²) < 4.78 is 5.42. The van der Waals surface area contributed by atoms with E-state index < -0.39 is 0 Å². The smallest absolute Gasteiger partial charge is 0.226 e. The number of aryl methyl sites for hydroxylation is 1. The summed E-state index contributed by atoms with van der Waals surface area (Å²) in [5.74, 6) is 2.28. The van der Waals surface area contributed by atoms with Gasteiger partial charge < -0.3 is 14.3 Å². The van der Waals surface area contributed by atoms with Crippen molar-refractivity contribution in [1.29, 1.82) is 0 Å². The molecule has 0 unspecified atom stereocenters. The zero-order valence-electron chi connectivity index (χ0n) is 14.8. The maximum atomic E-state index is 5.42. The Morgan fingerprint density at radius 2 is 1.88 bits per heavy atom. The van der Waals surface area contributed by atoms with Crippen LogP contribution < -0.4 is 4.90 Å². The van der Waals surface area contributed by atoms with Crippen LogP contribution in [0.5, 0.6) is 0 Å². The first-order valence-electron chi connectivity index (χ1n) is 8.91. The Kier molecular flexibility index (Phi) is 4.36. The van der Waals surface area contributed by atoms with Crippen LogP contribution in [0.4, 0.5) is 5.82 Å². The molecule has 0 spiro atoms. The van der Waals surface area contributed by atoms with Gasteiger partial charge in [-0.15, -0.1) is 0 Å².